The number of aryl methyl sites for hydroxylation is 2. The lowest BCUT2D eigenvalue weighted by Crippen LogP contribution is -2.14. The van der Waals surface area contributed by atoms with Gasteiger partial charge in [-0.05, 0) is 60.7 Å². The molecule has 1 unspecified atom stereocenters. The van der Waals surface area contributed by atoms with E-state index in [0.29, 0.717) is 0 Å². The fourth-order valence-corrected chi connectivity index (χ4v) is 2.75. The number of ether oxygens (including phenoxy) is 1. The molecule has 0 saturated heterocycles. The molecule has 4 heteroatoms. The fraction of sp³-hybridized carbons (Fsp3) is 0.316. The van der Waals surface area contributed by atoms with Crippen LogP contribution in [-0.4, -0.2) is 11.1 Å². The highest BCUT2D eigenvalue weighted by Gasteiger charge is 2.19. The molecule has 1 atom stereocenters. The Labute approximate surface area is 145 Å². The van der Waals surface area contributed by atoms with Gasteiger partial charge in [0.2, 0.25) is 0 Å². The Hall–Kier alpha value is -1.81. The average Bonchev–Trinajstić information content (AvgIpc) is 2.50. The van der Waals surface area contributed by atoms with Crippen molar-refractivity contribution in [3.05, 3.63) is 63.1 Å². The normalized spacial score (nSPS) is 12.3. The van der Waals surface area contributed by atoms with Crippen molar-refractivity contribution in [1.29, 1.82) is 0 Å². The van der Waals surface area contributed by atoms with Crippen molar-refractivity contribution in [2.75, 3.05) is 0 Å². The molecule has 0 fully saturated rings. The summed E-state index contributed by atoms with van der Waals surface area (Å²) < 4.78 is 7.30. The Morgan fingerprint density at radius 1 is 1.09 bits per heavy atom. The lowest BCUT2D eigenvalue weighted by Gasteiger charge is -2.24. The van der Waals surface area contributed by atoms with Gasteiger partial charge in [0, 0.05) is 4.47 Å². The number of hydrogen-bond acceptors (Lipinski definition) is 2. The van der Waals surface area contributed by atoms with Gasteiger partial charge in [-0.2, -0.15) is 0 Å². The first-order valence-corrected chi connectivity index (χ1v) is 8.35. The molecule has 0 heterocycles. The Kier molecular flexibility index (Phi) is 5.47. The number of carboxylic acid groups (broad SMARTS) is 1. The third kappa shape index (κ3) is 4.14. The monoisotopic (exact) mass is 376 g/mol. The Bertz CT molecular complexity index is 682. The number of hydrogen-bond donors (Lipinski definition) is 1. The average molecular weight is 377 g/mol. The summed E-state index contributed by atoms with van der Waals surface area (Å²) in [6.45, 7) is 8.26. The van der Waals surface area contributed by atoms with Crippen LogP contribution in [0.25, 0.3) is 0 Å². The van der Waals surface area contributed by atoms with E-state index >= 15 is 0 Å². The fourth-order valence-electron chi connectivity index (χ4n) is 2.53. The smallest absolute Gasteiger partial charge is 0.335 e. The number of benzene rings is 2. The minimum Gasteiger partial charge on any atom is -0.485 e. The highest BCUT2D eigenvalue weighted by atomic mass is 79.9. The molecule has 0 aliphatic rings. The van der Waals surface area contributed by atoms with Crippen LogP contribution in [0.2, 0.25) is 0 Å². The van der Waals surface area contributed by atoms with E-state index in [0.717, 1.165) is 26.9 Å². The molecule has 3 nitrogen and oxygen atoms in total. The van der Waals surface area contributed by atoms with Crippen molar-refractivity contribution < 1.29 is 14.6 Å². The molecule has 0 amide bonds. The summed E-state index contributed by atoms with van der Waals surface area (Å²) >= 11 is 3.56. The topological polar surface area (TPSA) is 46.5 Å². The van der Waals surface area contributed by atoms with E-state index in [-0.39, 0.29) is 17.6 Å². The first-order valence-electron chi connectivity index (χ1n) is 7.56. The van der Waals surface area contributed by atoms with Crippen LogP contribution in [0, 0.1) is 19.8 Å². The second kappa shape index (κ2) is 7.18. The van der Waals surface area contributed by atoms with Gasteiger partial charge < -0.3 is 9.84 Å². The molecule has 1 N–H and O–H groups in total. The van der Waals surface area contributed by atoms with E-state index in [2.05, 4.69) is 29.8 Å². The van der Waals surface area contributed by atoms with Gasteiger partial charge in [-0.1, -0.05) is 41.9 Å². The molecule has 23 heavy (non-hydrogen) atoms. The molecule has 0 spiro atoms. The number of aromatic carboxylic acids is 1. The molecule has 2 rings (SSSR count). The maximum absolute atomic E-state index is 11.0. The first-order chi connectivity index (χ1) is 10.8. The van der Waals surface area contributed by atoms with Crippen LogP contribution in [0.1, 0.15) is 47.0 Å². The Morgan fingerprint density at radius 2 is 1.61 bits per heavy atom. The minimum absolute atomic E-state index is 0.127. The second-order valence-electron chi connectivity index (χ2n) is 6.08. The predicted molar refractivity (Wildman–Crippen MR) is 95.2 cm³/mol. The highest BCUT2D eigenvalue weighted by Crippen LogP contribution is 2.32. The second-order valence-corrected chi connectivity index (χ2v) is 6.87. The van der Waals surface area contributed by atoms with E-state index in [4.69, 9.17) is 9.84 Å². The zero-order valence-corrected chi connectivity index (χ0v) is 15.3. The molecule has 0 aliphatic heterocycles. The van der Waals surface area contributed by atoms with E-state index in [1.807, 2.05) is 38.1 Å². The van der Waals surface area contributed by atoms with Gasteiger partial charge in [0.15, 0.2) is 0 Å². The van der Waals surface area contributed by atoms with Crippen LogP contribution in [-0.2, 0) is 0 Å². The summed E-state index contributed by atoms with van der Waals surface area (Å²) in [7, 11) is 0. The van der Waals surface area contributed by atoms with Crippen LogP contribution in [0.3, 0.4) is 0 Å². The molecule has 0 aromatic heterocycles. The molecule has 0 radical (unpaired) electrons. The number of carboxylic acids is 1. The summed E-state index contributed by atoms with van der Waals surface area (Å²) in [6, 6.07) is 10.9. The SMILES string of the molecule is Cc1cc(OC(c2ccc(C(=O)O)cc2)C(C)C)cc(C)c1Br. The summed E-state index contributed by atoms with van der Waals surface area (Å²) in [6.07, 6.45) is -0.127. The van der Waals surface area contributed by atoms with Crippen molar-refractivity contribution in [3.63, 3.8) is 0 Å². The van der Waals surface area contributed by atoms with Crippen LogP contribution in [0.5, 0.6) is 5.75 Å². The van der Waals surface area contributed by atoms with Crippen LogP contribution in [0.15, 0.2) is 40.9 Å². The van der Waals surface area contributed by atoms with Gasteiger partial charge in [0.1, 0.15) is 11.9 Å². The summed E-state index contributed by atoms with van der Waals surface area (Å²) in [5.41, 5.74) is 3.52. The first kappa shape index (κ1) is 17.5. The van der Waals surface area contributed by atoms with Crippen LogP contribution in [0.4, 0.5) is 0 Å². The highest BCUT2D eigenvalue weighted by molar-refractivity contribution is 9.10. The standard InChI is InChI=1S/C19H21BrO3/c1-11(2)18(14-5-7-15(8-6-14)19(21)22)23-16-9-12(3)17(20)13(4)10-16/h5-11,18H,1-4H3,(H,21,22). The zero-order valence-electron chi connectivity index (χ0n) is 13.8. The number of rotatable bonds is 5. The number of carbonyl (C=O) groups is 1. The van der Waals surface area contributed by atoms with E-state index in [1.54, 1.807) is 12.1 Å². The van der Waals surface area contributed by atoms with Gasteiger partial charge in [-0.25, -0.2) is 4.79 Å². The summed E-state index contributed by atoms with van der Waals surface area (Å²) in [4.78, 5) is 11.0. The Morgan fingerprint density at radius 3 is 2.04 bits per heavy atom. The molecule has 0 saturated carbocycles. The molecular formula is C19H21BrO3. The van der Waals surface area contributed by atoms with E-state index in [9.17, 15) is 4.79 Å². The predicted octanol–water partition coefficient (Wildman–Crippen LogP) is 5.54. The van der Waals surface area contributed by atoms with Crippen molar-refractivity contribution in [1.82, 2.24) is 0 Å². The third-order valence-electron chi connectivity index (χ3n) is 3.76. The quantitative estimate of drug-likeness (QED) is 0.744. The van der Waals surface area contributed by atoms with Crippen LogP contribution < -0.4 is 4.74 Å². The maximum Gasteiger partial charge on any atom is 0.335 e. The van der Waals surface area contributed by atoms with Crippen LogP contribution >= 0.6 is 15.9 Å². The lowest BCUT2D eigenvalue weighted by molar-refractivity contribution is 0.0696. The minimum atomic E-state index is -0.919. The van der Waals surface area contributed by atoms with E-state index in [1.165, 1.54) is 0 Å². The van der Waals surface area contributed by atoms with Crippen molar-refractivity contribution >= 4 is 21.9 Å². The largest absolute Gasteiger partial charge is 0.485 e. The summed E-state index contributed by atoms with van der Waals surface area (Å²) in [5.74, 6) is 0.164. The molecule has 2 aromatic rings. The molecule has 0 bridgehead atoms. The van der Waals surface area contributed by atoms with E-state index < -0.39 is 5.97 Å². The molecule has 2 aromatic carbocycles. The van der Waals surface area contributed by atoms with Gasteiger partial charge in [-0.15, -0.1) is 0 Å². The van der Waals surface area contributed by atoms with Crippen molar-refractivity contribution in [2.24, 2.45) is 5.92 Å². The summed E-state index contributed by atoms with van der Waals surface area (Å²) in [5, 5.41) is 9.01. The lowest BCUT2D eigenvalue weighted by atomic mass is 9.97. The Balaban J connectivity index is 2.30. The van der Waals surface area contributed by atoms with Gasteiger partial charge in [0.05, 0.1) is 5.56 Å². The molecule has 0 aliphatic carbocycles. The van der Waals surface area contributed by atoms with Crippen molar-refractivity contribution in [2.45, 2.75) is 33.8 Å². The molecule has 122 valence electrons. The zero-order chi connectivity index (χ0) is 17.1. The van der Waals surface area contributed by atoms with Gasteiger partial charge in [-0.3, -0.25) is 0 Å². The molecular weight excluding hydrogens is 356 g/mol. The van der Waals surface area contributed by atoms with Gasteiger partial charge in [0.25, 0.3) is 0 Å². The van der Waals surface area contributed by atoms with Gasteiger partial charge >= 0.3 is 5.97 Å². The maximum atomic E-state index is 11.0. The third-order valence-corrected chi connectivity index (χ3v) is 5.02. The number of halogens is 1. The van der Waals surface area contributed by atoms with Crippen molar-refractivity contribution in [3.8, 4) is 5.75 Å².